The van der Waals surface area contributed by atoms with E-state index in [0.717, 1.165) is 67.2 Å². The molecule has 0 unspecified atom stereocenters. The van der Waals surface area contributed by atoms with E-state index in [0.29, 0.717) is 10.8 Å². The number of benzene rings is 2. The Morgan fingerprint density at radius 1 is 1.09 bits per heavy atom. The van der Waals surface area contributed by atoms with Crippen LogP contribution in [0.1, 0.15) is 34.4 Å². The summed E-state index contributed by atoms with van der Waals surface area (Å²) in [5, 5.41) is 4.24. The van der Waals surface area contributed by atoms with E-state index in [1.165, 1.54) is 16.6 Å². The maximum atomic E-state index is 13.8. The van der Waals surface area contributed by atoms with Gasteiger partial charge in [-0.05, 0) is 107 Å². The van der Waals surface area contributed by atoms with Crippen LogP contribution in [0.2, 0.25) is 0 Å². The Morgan fingerprint density at radius 2 is 1.77 bits per heavy atom. The van der Waals surface area contributed by atoms with Crippen molar-refractivity contribution >= 4 is 76.8 Å². The van der Waals surface area contributed by atoms with Gasteiger partial charge in [0.1, 0.15) is 4.83 Å². The number of amides is 1. The molecule has 1 amide bonds. The second kappa shape index (κ2) is 10.2. The van der Waals surface area contributed by atoms with Gasteiger partial charge in [-0.2, -0.15) is 0 Å². The lowest BCUT2D eigenvalue weighted by Gasteiger charge is -2.14. The van der Waals surface area contributed by atoms with Crippen LogP contribution in [0.25, 0.3) is 15.9 Å². The number of rotatable bonds is 5. The number of anilines is 1. The first kappa shape index (κ1) is 24.7. The van der Waals surface area contributed by atoms with Crippen LogP contribution in [0.15, 0.2) is 55.3 Å². The maximum Gasteiger partial charge on any atom is 0.267 e. The van der Waals surface area contributed by atoms with E-state index in [-0.39, 0.29) is 17.2 Å². The summed E-state index contributed by atoms with van der Waals surface area (Å²) < 4.78 is 3.28. The number of halogens is 2. The van der Waals surface area contributed by atoms with Gasteiger partial charge in [0.2, 0.25) is 5.91 Å². The molecular formula is C26H23Br2N3O2S2. The predicted molar refractivity (Wildman–Crippen MR) is 153 cm³/mol. The number of fused-ring (bicyclic) bond motifs is 3. The number of aromatic nitrogens is 2. The van der Waals surface area contributed by atoms with Crippen molar-refractivity contribution in [1.82, 2.24) is 9.55 Å². The number of hydrogen-bond donors (Lipinski definition) is 1. The van der Waals surface area contributed by atoms with Gasteiger partial charge in [0.15, 0.2) is 5.16 Å². The fraction of sp³-hybridized carbons (Fsp3) is 0.269. The zero-order valence-corrected chi connectivity index (χ0v) is 24.1. The van der Waals surface area contributed by atoms with Crippen LogP contribution in [-0.4, -0.2) is 21.2 Å². The molecule has 0 aliphatic heterocycles. The standard InChI is InChI=1S/C26H23Br2N3O2S2/c1-14-7-9-16(10-8-14)31-25(33)22-17-5-3-4-6-20(17)35-24(22)30-26(31)34-13-21(32)29-23-18(27)11-15(2)12-19(23)28/h7-12H,3-6,13H2,1-2H3,(H,29,32). The molecule has 2 aromatic carbocycles. The summed E-state index contributed by atoms with van der Waals surface area (Å²) >= 11 is 9.96. The number of thioether (sulfide) groups is 1. The summed E-state index contributed by atoms with van der Waals surface area (Å²) in [6, 6.07) is 11.8. The molecule has 4 aromatic rings. The summed E-state index contributed by atoms with van der Waals surface area (Å²) in [5.41, 5.74) is 4.76. The van der Waals surface area contributed by atoms with Gasteiger partial charge >= 0.3 is 0 Å². The molecule has 2 heterocycles. The lowest BCUT2D eigenvalue weighted by molar-refractivity contribution is -0.113. The molecule has 1 aliphatic rings. The van der Waals surface area contributed by atoms with Crippen LogP contribution in [-0.2, 0) is 17.6 Å². The minimum atomic E-state index is -0.171. The Kier molecular flexibility index (Phi) is 7.21. The summed E-state index contributed by atoms with van der Waals surface area (Å²) in [6.45, 7) is 4.01. The third-order valence-corrected chi connectivity index (χ3v) is 9.41. The first-order valence-corrected chi connectivity index (χ1v) is 14.7. The van der Waals surface area contributed by atoms with Crippen molar-refractivity contribution in [1.29, 1.82) is 0 Å². The Morgan fingerprint density at radius 3 is 2.49 bits per heavy atom. The fourth-order valence-electron chi connectivity index (χ4n) is 4.33. The third kappa shape index (κ3) is 5.01. The van der Waals surface area contributed by atoms with Gasteiger partial charge in [-0.15, -0.1) is 11.3 Å². The van der Waals surface area contributed by atoms with Gasteiger partial charge in [0, 0.05) is 13.8 Å². The molecule has 9 heteroatoms. The molecule has 0 spiro atoms. The molecule has 0 saturated heterocycles. The van der Waals surface area contributed by atoms with E-state index >= 15 is 0 Å². The summed E-state index contributed by atoms with van der Waals surface area (Å²) in [5.74, 6) is -0.0442. The molecular weight excluding hydrogens is 610 g/mol. The molecule has 0 atom stereocenters. The van der Waals surface area contributed by atoms with Crippen molar-refractivity contribution < 1.29 is 4.79 Å². The molecule has 0 fully saturated rings. The topological polar surface area (TPSA) is 64.0 Å². The van der Waals surface area contributed by atoms with E-state index in [1.807, 2.05) is 50.2 Å². The first-order chi connectivity index (χ1) is 16.8. The number of thiophene rings is 1. The molecule has 180 valence electrons. The molecule has 1 aliphatic carbocycles. The largest absolute Gasteiger partial charge is 0.323 e. The van der Waals surface area contributed by atoms with E-state index in [4.69, 9.17) is 4.98 Å². The van der Waals surface area contributed by atoms with Gasteiger partial charge < -0.3 is 5.32 Å². The van der Waals surface area contributed by atoms with Crippen LogP contribution < -0.4 is 10.9 Å². The second-order valence-electron chi connectivity index (χ2n) is 8.70. The Balaban J connectivity index is 1.51. The lowest BCUT2D eigenvalue weighted by Crippen LogP contribution is -2.23. The normalized spacial score (nSPS) is 13.1. The van der Waals surface area contributed by atoms with Crippen LogP contribution in [0.4, 0.5) is 5.69 Å². The highest BCUT2D eigenvalue weighted by Gasteiger charge is 2.23. The lowest BCUT2D eigenvalue weighted by atomic mass is 9.97. The molecule has 0 bridgehead atoms. The number of hydrogen-bond acceptors (Lipinski definition) is 5. The quantitative estimate of drug-likeness (QED) is 0.187. The summed E-state index contributed by atoms with van der Waals surface area (Å²) in [4.78, 5) is 33.7. The highest BCUT2D eigenvalue weighted by atomic mass is 79.9. The summed E-state index contributed by atoms with van der Waals surface area (Å²) in [6.07, 6.45) is 4.18. The Labute approximate surface area is 228 Å². The van der Waals surface area contributed by atoms with Crippen molar-refractivity contribution in [2.75, 3.05) is 11.1 Å². The van der Waals surface area contributed by atoms with Crippen LogP contribution in [0.5, 0.6) is 0 Å². The van der Waals surface area contributed by atoms with E-state index in [1.54, 1.807) is 15.9 Å². The minimum Gasteiger partial charge on any atom is -0.323 e. The number of nitrogens with one attached hydrogen (secondary N) is 1. The SMILES string of the molecule is Cc1ccc(-n2c(SCC(=O)Nc3c(Br)cc(C)cc3Br)nc3sc4c(c3c2=O)CCCC4)cc1. The van der Waals surface area contributed by atoms with Gasteiger partial charge in [0.05, 0.1) is 22.5 Å². The highest BCUT2D eigenvalue weighted by molar-refractivity contribution is 9.11. The summed E-state index contributed by atoms with van der Waals surface area (Å²) in [7, 11) is 0. The number of carbonyl (C=O) groups excluding carboxylic acids is 1. The maximum absolute atomic E-state index is 13.8. The molecule has 35 heavy (non-hydrogen) atoms. The molecule has 0 radical (unpaired) electrons. The highest BCUT2D eigenvalue weighted by Crippen LogP contribution is 2.36. The van der Waals surface area contributed by atoms with E-state index < -0.39 is 0 Å². The fourth-order valence-corrected chi connectivity index (χ4v) is 8.06. The minimum absolute atomic E-state index is 0.0508. The Bertz CT molecular complexity index is 1490. The monoisotopic (exact) mass is 631 g/mol. The first-order valence-electron chi connectivity index (χ1n) is 11.3. The van der Waals surface area contributed by atoms with Gasteiger partial charge in [-0.1, -0.05) is 29.5 Å². The second-order valence-corrected chi connectivity index (χ2v) is 12.4. The Hall–Kier alpha value is -1.94. The zero-order chi connectivity index (χ0) is 24.7. The molecule has 1 N–H and O–H groups in total. The van der Waals surface area contributed by atoms with Gasteiger partial charge in [0.25, 0.3) is 5.56 Å². The zero-order valence-electron chi connectivity index (χ0n) is 19.3. The molecule has 5 rings (SSSR count). The van der Waals surface area contributed by atoms with E-state index in [2.05, 4.69) is 37.2 Å². The van der Waals surface area contributed by atoms with Crippen molar-refractivity contribution in [2.45, 2.75) is 44.7 Å². The molecule has 0 saturated carbocycles. The smallest absolute Gasteiger partial charge is 0.267 e. The average molecular weight is 633 g/mol. The number of aryl methyl sites for hydroxylation is 4. The predicted octanol–water partition coefficient (Wildman–Crippen LogP) is 7.20. The van der Waals surface area contributed by atoms with Crippen molar-refractivity contribution in [3.05, 3.63) is 77.3 Å². The average Bonchev–Trinajstić information content (AvgIpc) is 3.19. The van der Waals surface area contributed by atoms with E-state index in [9.17, 15) is 9.59 Å². The van der Waals surface area contributed by atoms with Crippen molar-refractivity contribution in [3.8, 4) is 5.69 Å². The van der Waals surface area contributed by atoms with Gasteiger partial charge in [-0.25, -0.2) is 4.98 Å². The third-order valence-electron chi connectivity index (χ3n) is 6.03. The number of nitrogens with zero attached hydrogens (tertiary/aromatic N) is 2. The molecule has 5 nitrogen and oxygen atoms in total. The van der Waals surface area contributed by atoms with Crippen LogP contribution in [0.3, 0.4) is 0 Å². The van der Waals surface area contributed by atoms with Crippen LogP contribution in [0, 0.1) is 13.8 Å². The number of carbonyl (C=O) groups is 1. The molecule has 2 aromatic heterocycles. The van der Waals surface area contributed by atoms with Crippen molar-refractivity contribution in [2.24, 2.45) is 0 Å². The van der Waals surface area contributed by atoms with Gasteiger partial charge in [-0.3, -0.25) is 14.2 Å². The van der Waals surface area contributed by atoms with Crippen molar-refractivity contribution in [3.63, 3.8) is 0 Å². The van der Waals surface area contributed by atoms with Crippen LogP contribution >= 0.6 is 55.0 Å².